The predicted octanol–water partition coefficient (Wildman–Crippen LogP) is 1.64. The highest BCUT2D eigenvalue weighted by Gasteiger charge is 2.33. The zero-order valence-corrected chi connectivity index (χ0v) is 8.63. The number of benzene rings is 1. The van der Waals surface area contributed by atoms with Crippen LogP contribution in [0, 0.1) is 0 Å². The molecule has 0 saturated heterocycles. The van der Waals surface area contributed by atoms with E-state index in [1.807, 2.05) is 26.0 Å². The molecule has 2 heteroatoms. The Kier molecular flexibility index (Phi) is 2.06. The highest BCUT2D eigenvalue weighted by atomic mass is 16.2. The van der Waals surface area contributed by atoms with Crippen LogP contribution < -0.4 is 5.32 Å². The second-order valence-electron chi connectivity index (χ2n) is 4.29. The van der Waals surface area contributed by atoms with E-state index in [2.05, 4.69) is 17.4 Å². The van der Waals surface area contributed by atoms with Crippen molar-refractivity contribution in [2.24, 2.45) is 0 Å². The van der Waals surface area contributed by atoms with Crippen LogP contribution >= 0.6 is 0 Å². The Hall–Kier alpha value is -1.31. The summed E-state index contributed by atoms with van der Waals surface area (Å²) in [6.07, 6.45) is 0.936. The molecule has 0 unspecified atom stereocenters. The van der Waals surface area contributed by atoms with Crippen LogP contribution in [-0.2, 0) is 16.6 Å². The van der Waals surface area contributed by atoms with E-state index in [1.54, 1.807) is 0 Å². The summed E-state index contributed by atoms with van der Waals surface area (Å²) in [5, 5.41) is 2.94. The second-order valence-corrected chi connectivity index (χ2v) is 4.29. The summed E-state index contributed by atoms with van der Waals surface area (Å²) < 4.78 is 0. The number of hydrogen-bond donors (Lipinski definition) is 1. The summed E-state index contributed by atoms with van der Waals surface area (Å²) in [5.74, 6) is 0.127. The molecule has 1 aromatic rings. The van der Waals surface area contributed by atoms with E-state index in [4.69, 9.17) is 0 Å². The van der Waals surface area contributed by atoms with Crippen LogP contribution in [0.3, 0.4) is 0 Å². The van der Waals surface area contributed by atoms with E-state index in [1.165, 1.54) is 5.56 Å². The third-order valence-electron chi connectivity index (χ3n) is 2.94. The molecule has 2 rings (SSSR count). The Morgan fingerprint density at radius 2 is 2.00 bits per heavy atom. The molecule has 0 aromatic heterocycles. The molecular formula is C12H15NO. The molecule has 14 heavy (non-hydrogen) atoms. The van der Waals surface area contributed by atoms with Crippen molar-refractivity contribution in [3.63, 3.8) is 0 Å². The predicted molar refractivity (Wildman–Crippen MR) is 56.2 cm³/mol. The van der Waals surface area contributed by atoms with E-state index in [-0.39, 0.29) is 5.91 Å². The first-order valence-corrected chi connectivity index (χ1v) is 4.99. The van der Waals surface area contributed by atoms with Crippen molar-refractivity contribution < 1.29 is 4.79 Å². The zero-order chi connectivity index (χ0) is 10.2. The van der Waals surface area contributed by atoms with Gasteiger partial charge in [-0.05, 0) is 31.4 Å². The summed E-state index contributed by atoms with van der Waals surface area (Å²) >= 11 is 0. The first-order valence-electron chi connectivity index (χ1n) is 4.99. The lowest BCUT2D eigenvalue weighted by molar-refractivity contribution is -0.125. The Morgan fingerprint density at radius 3 is 2.79 bits per heavy atom. The lowest BCUT2D eigenvalue weighted by atomic mass is 9.81. The zero-order valence-electron chi connectivity index (χ0n) is 8.63. The van der Waals surface area contributed by atoms with Crippen molar-refractivity contribution >= 4 is 5.91 Å². The van der Waals surface area contributed by atoms with E-state index in [0.717, 1.165) is 18.5 Å². The van der Waals surface area contributed by atoms with Crippen molar-refractivity contribution in [2.75, 3.05) is 6.54 Å². The highest BCUT2D eigenvalue weighted by molar-refractivity contribution is 5.88. The van der Waals surface area contributed by atoms with Gasteiger partial charge in [-0.3, -0.25) is 4.79 Å². The largest absolute Gasteiger partial charge is 0.355 e. The van der Waals surface area contributed by atoms with Crippen molar-refractivity contribution in [1.82, 2.24) is 5.32 Å². The van der Waals surface area contributed by atoms with Crippen LogP contribution in [0.15, 0.2) is 24.3 Å². The van der Waals surface area contributed by atoms with Gasteiger partial charge < -0.3 is 5.32 Å². The Labute approximate surface area is 84.3 Å². The van der Waals surface area contributed by atoms with Gasteiger partial charge in [-0.15, -0.1) is 0 Å². The first-order chi connectivity index (χ1) is 6.62. The topological polar surface area (TPSA) is 29.1 Å². The number of amides is 1. The lowest BCUT2D eigenvalue weighted by Gasteiger charge is -2.23. The van der Waals surface area contributed by atoms with Crippen molar-refractivity contribution in [1.29, 1.82) is 0 Å². The van der Waals surface area contributed by atoms with Gasteiger partial charge in [-0.1, -0.05) is 24.3 Å². The van der Waals surface area contributed by atoms with Crippen molar-refractivity contribution in [3.05, 3.63) is 35.4 Å². The van der Waals surface area contributed by atoms with Gasteiger partial charge in [0.05, 0.1) is 5.41 Å². The highest BCUT2D eigenvalue weighted by Crippen LogP contribution is 2.28. The molecule has 1 aromatic carbocycles. The Bertz CT molecular complexity index is 368. The van der Waals surface area contributed by atoms with Crippen molar-refractivity contribution in [2.45, 2.75) is 25.7 Å². The summed E-state index contributed by atoms with van der Waals surface area (Å²) in [7, 11) is 0. The standard InChI is InChI=1S/C12H15NO/c1-12(2)10-6-4-3-5-9(10)7-8-13-11(12)14/h3-6H,7-8H2,1-2H3,(H,13,14). The van der Waals surface area contributed by atoms with Crippen molar-refractivity contribution in [3.8, 4) is 0 Å². The molecular weight excluding hydrogens is 174 g/mol. The van der Waals surface area contributed by atoms with Crippen LogP contribution in [-0.4, -0.2) is 12.5 Å². The Balaban J connectivity index is 2.57. The van der Waals surface area contributed by atoms with Gasteiger partial charge in [-0.2, -0.15) is 0 Å². The van der Waals surface area contributed by atoms with Crippen LogP contribution in [0.5, 0.6) is 0 Å². The molecule has 1 heterocycles. The fourth-order valence-corrected chi connectivity index (χ4v) is 2.00. The van der Waals surface area contributed by atoms with Gasteiger partial charge in [-0.25, -0.2) is 0 Å². The molecule has 2 nitrogen and oxygen atoms in total. The lowest BCUT2D eigenvalue weighted by Crippen LogP contribution is -2.38. The average molecular weight is 189 g/mol. The Morgan fingerprint density at radius 1 is 1.29 bits per heavy atom. The minimum atomic E-state index is -0.396. The van der Waals surface area contributed by atoms with Gasteiger partial charge in [0.25, 0.3) is 0 Å². The molecule has 1 aliphatic rings. The number of fused-ring (bicyclic) bond motifs is 1. The van der Waals surface area contributed by atoms with Gasteiger partial charge in [0.1, 0.15) is 0 Å². The number of rotatable bonds is 0. The molecule has 1 amide bonds. The fourth-order valence-electron chi connectivity index (χ4n) is 2.00. The molecule has 0 bridgehead atoms. The molecule has 1 N–H and O–H groups in total. The normalized spacial score (nSPS) is 19.4. The summed E-state index contributed by atoms with van der Waals surface area (Å²) in [6, 6.07) is 8.20. The van der Waals surface area contributed by atoms with Gasteiger partial charge in [0.2, 0.25) is 5.91 Å². The van der Waals surface area contributed by atoms with Crippen LogP contribution in [0.4, 0.5) is 0 Å². The third kappa shape index (κ3) is 1.31. The molecule has 74 valence electrons. The van der Waals surface area contributed by atoms with E-state index in [0.29, 0.717) is 0 Å². The number of hydrogen-bond acceptors (Lipinski definition) is 1. The van der Waals surface area contributed by atoms with E-state index < -0.39 is 5.41 Å². The maximum atomic E-state index is 11.8. The maximum Gasteiger partial charge on any atom is 0.230 e. The second kappa shape index (κ2) is 3.12. The van der Waals surface area contributed by atoms with E-state index >= 15 is 0 Å². The molecule has 0 radical (unpaired) electrons. The summed E-state index contributed by atoms with van der Waals surface area (Å²) in [4.78, 5) is 11.8. The minimum absolute atomic E-state index is 0.127. The molecule has 0 atom stereocenters. The quantitative estimate of drug-likeness (QED) is 0.660. The van der Waals surface area contributed by atoms with Gasteiger partial charge >= 0.3 is 0 Å². The molecule has 0 aliphatic carbocycles. The van der Waals surface area contributed by atoms with Crippen LogP contribution in [0.1, 0.15) is 25.0 Å². The average Bonchev–Trinajstić information content (AvgIpc) is 2.27. The van der Waals surface area contributed by atoms with Crippen LogP contribution in [0.2, 0.25) is 0 Å². The molecule has 0 spiro atoms. The van der Waals surface area contributed by atoms with Gasteiger partial charge in [0, 0.05) is 6.54 Å². The smallest absolute Gasteiger partial charge is 0.230 e. The third-order valence-corrected chi connectivity index (χ3v) is 2.94. The summed E-state index contributed by atoms with van der Waals surface area (Å²) in [6.45, 7) is 4.71. The number of nitrogens with one attached hydrogen (secondary N) is 1. The first kappa shape index (κ1) is 9.25. The summed E-state index contributed by atoms with van der Waals surface area (Å²) in [5.41, 5.74) is 2.05. The maximum absolute atomic E-state index is 11.8. The number of carbonyl (C=O) groups is 1. The number of carbonyl (C=O) groups excluding carboxylic acids is 1. The molecule has 1 aliphatic heterocycles. The minimum Gasteiger partial charge on any atom is -0.355 e. The SMILES string of the molecule is CC1(C)C(=O)NCCc2ccccc21. The molecule has 0 saturated carbocycles. The van der Waals surface area contributed by atoms with E-state index in [9.17, 15) is 4.79 Å². The monoisotopic (exact) mass is 189 g/mol. The van der Waals surface area contributed by atoms with Crippen LogP contribution in [0.25, 0.3) is 0 Å². The van der Waals surface area contributed by atoms with Gasteiger partial charge in [0.15, 0.2) is 0 Å². The fraction of sp³-hybridized carbons (Fsp3) is 0.417. The molecule has 0 fully saturated rings.